The molecule has 0 spiro atoms. The molecule has 2 N–H and O–H groups in total. The molecule has 0 heterocycles. The summed E-state index contributed by atoms with van der Waals surface area (Å²) in [5, 5.41) is 14.5. The van der Waals surface area contributed by atoms with E-state index in [9.17, 15) is 14.7 Å². The second-order valence-electron chi connectivity index (χ2n) is 5.88. The fourth-order valence-corrected chi connectivity index (χ4v) is 4.54. The number of aliphatic carboxylic acids is 1. The lowest BCUT2D eigenvalue weighted by Gasteiger charge is -2.23. The van der Waals surface area contributed by atoms with E-state index in [0.717, 1.165) is 10.8 Å². The second-order valence-corrected chi connectivity index (χ2v) is 7.85. The van der Waals surface area contributed by atoms with Gasteiger partial charge in [-0.15, -0.1) is 0 Å². The first kappa shape index (κ1) is 20.3. The number of benzene rings is 3. The van der Waals surface area contributed by atoms with Crippen LogP contribution in [0.4, 0.5) is 5.69 Å². The monoisotopic (exact) mass is 434 g/mol. The number of halogens is 2. The molecular weight excluding hydrogens is 419 g/mol. The molecule has 3 rings (SSSR count). The van der Waals surface area contributed by atoms with Crippen LogP contribution in [0.5, 0.6) is 0 Å². The number of hydrogen-bond acceptors (Lipinski definition) is 4. The maximum absolute atomic E-state index is 12.2. The van der Waals surface area contributed by atoms with Crippen molar-refractivity contribution in [3.05, 3.63) is 70.2 Å². The Kier molecular flexibility index (Phi) is 6.34. The summed E-state index contributed by atoms with van der Waals surface area (Å²) in [4.78, 5) is 24.4. The number of carbonyl (C=O) groups excluding carboxylic acids is 1. The van der Waals surface area contributed by atoms with Gasteiger partial charge in [-0.25, -0.2) is 0 Å². The molecule has 0 saturated heterocycles. The largest absolute Gasteiger partial charge is 0.480 e. The number of carbonyl (C=O) groups is 2. The third kappa shape index (κ3) is 4.52. The van der Waals surface area contributed by atoms with Gasteiger partial charge in [0.2, 0.25) is 0 Å². The molecule has 144 valence electrons. The summed E-state index contributed by atoms with van der Waals surface area (Å²) in [6.07, 6.45) is 0. The van der Waals surface area contributed by atoms with Gasteiger partial charge < -0.3 is 14.7 Å². The van der Waals surface area contributed by atoms with E-state index in [-0.39, 0.29) is 12.5 Å². The molecule has 0 aliphatic rings. The number of fused-ring (bicyclic) bond motifs is 1. The van der Waals surface area contributed by atoms with Crippen molar-refractivity contribution in [2.45, 2.75) is 4.90 Å². The number of anilines is 1. The lowest BCUT2D eigenvalue weighted by Crippen LogP contribution is -2.23. The zero-order chi connectivity index (χ0) is 20.3. The minimum atomic E-state index is -0.986. The number of carboxylic acid groups (broad SMARTS) is 1. The first-order chi connectivity index (χ1) is 13.4. The van der Waals surface area contributed by atoms with Crippen molar-refractivity contribution in [3.63, 3.8) is 0 Å². The third-order valence-electron chi connectivity index (χ3n) is 3.97. The highest BCUT2D eigenvalue weighted by molar-refractivity contribution is 8.00. The van der Waals surface area contributed by atoms with Gasteiger partial charge in [0.15, 0.2) is 0 Å². The zero-order valence-electron chi connectivity index (χ0n) is 14.8. The van der Waals surface area contributed by atoms with E-state index in [1.807, 2.05) is 18.2 Å². The van der Waals surface area contributed by atoms with Gasteiger partial charge >= 0.3 is 5.97 Å². The van der Waals surface area contributed by atoms with Crippen LogP contribution >= 0.6 is 35.1 Å². The second kappa shape index (κ2) is 8.73. The molecule has 0 fully saturated rings. The van der Waals surface area contributed by atoms with Crippen molar-refractivity contribution in [2.75, 3.05) is 17.9 Å². The van der Waals surface area contributed by atoms with Crippen LogP contribution in [0.15, 0.2) is 59.5 Å². The summed E-state index contributed by atoms with van der Waals surface area (Å²) in [5.41, 5.74) is 1.19. The molecule has 0 radical (unpaired) electrons. The van der Waals surface area contributed by atoms with Gasteiger partial charge in [-0.3, -0.25) is 9.59 Å². The summed E-state index contributed by atoms with van der Waals surface area (Å²) in [6, 6.07) is 15.9. The van der Waals surface area contributed by atoms with E-state index >= 15 is 0 Å². The lowest BCUT2D eigenvalue weighted by atomic mass is 10.0. The van der Waals surface area contributed by atoms with Crippen molar-refractivity contribution in [1.29, 1.82) is 0 Å². The van der Waals surface area contributed by atoms with Crippen LogP contribution in [-0.4, -0.2) is 30.6 Å². The number of nitrogens with one attached hydrogen (secondary N) is 1. The number of carboxylic acids is 1. The first-order valence-electron chi connectivity index (χ1n) is 8.26. The normalized spacial score (nSPS) is 10.7. The SMILES string of the molecule is CNC(=O)c1cccc2c(N(CC(=O)O)Sc3cc(Cl)cc(Cl)c3)cccc12. The fourth-order valence-electron chi connectivity index (χ4n) is 2.84. The Morgan fingerprint density at radius 1 is 1.04 bits per heavy atom. The smallest absolute Gasteiger partial charge is 0.324 e. The number of rotatable bonds is 6. The van der Waals surface area contributed by atoms with E-state index in [1.165, 1.54) is 11.9 Å². The van der Waals surface area contributed by atoms with Crippen LogP contribution < -0.4 is 9.62 Å². The summed E-state index contributed by atoms with van der Waals surface area (Å²) in [6.45, 7) is -0.252. The summed E-state index contributed by atoms with van der Waals surface area (Å²) in [5.74, 6) is -1.19. The average molecular weight is 435 g/mol. The molecule has 0 aliphatic heterocycles. The molecule has 0 atom stereocenters. The van der Waals surface area contributed by atoms with Gasteiger partial charge in [0.25, 0.3) is 5.91 Å². The van der Waals surface area contributed by atoms with Crippen LogP contribution in [0.3, 0.4) is 0 Å². The van der Waals surface area contributed by atoms with Crippen LogP contribution in [0.25, 0.3) is 10.8 Å². The van der Waals surface area contributed by atoms with Gasteiger partial charge in [0.1, 0.15) is 6.54 Å². The maximum Gasteiger partial charge on any atom is 0.324 e. The van der Waals surface area contributed by atoms with Crippen molar-refractivity contribution >= 4 is 63.5 Å². The van der Waals surface area contributed by atoms with E-state index in [0.29, 0.717) is 26.2 Å². The molecule has 28 heavy (non-hydrogen) atoms. The number of hydrogen-bond donors (Lipinski definition) is 2. The molecule has 0 aromatic heterocycles. The summed E-state index contributed by atoms with van der Waals surface area (Å²) < 4.78 is 1.64. The van der Waals surface area contributed by atoms with Crippen LogP contribution in [0.2, 0.25) is 10.0 Å². The topological polar surface area (TPSA) is 69.6 Å². The van der Waals surface area contributed by atoms with Crippen molar-refractivity contribution in [3.8, 4) is 0 Å². The average Bonchev–Trinajstić information content (AvgIpc) is 2.64. The van der Waals surface area contributed by atoms with Gasteiger partial charge in [-0.05, 0) is 47.7 Å². The Labute approximate surface area is 176 Å². The van der Waals surface area contributed by atoms with Gasteiger partial charge in [-0.2, -0.15) is 0 Å². The molecule has 5 nitrogen and oxygen atoms in total. The van der Waals surface area contributed by atoms with E-state index < -0.39 is 5.97 Å². The van der Waals surface area contributed by atoms with Crippen molar-refractivity contribution in [1.82, 2.24) is 5.32 Å². The van der Waals surface area contributed by atoms with E-state index in [4.69, 9.17) is 23.2 Å². The molecule has 3 aromatic carbocycles. The standard InChI is InChI=1S/C20H16Cl2N2O3S/c1-23-20(27)17-6-2-5-16-15(17)4-3-7-18(16)24(11-19(25)26)28-14-9-12(21)8-13(22)10-14/h2-10H,11H2,1H3,(H,23,27)(H,25,26). The molecule has 0 saturated carbocycles. The molecule has 1 amide bonds. The third-order valence-corrected chi connectivity index (χ3v) is 5.40. The van der Waals surface area contributed by atoms with Crippen LogP contribution in [-0.2, 0) is 4.79 Å². The molecule has 0 bridgehead atoms. The van der Waals surface area contributed by atoms with Gasteiger partial charge in [0, 0.05) is 32.9 Å². The molecule has 3 aromatic rings. The van der Waals surface area contributed by atoms with Crippen LogP contribution in [0, 0.1) is 0 Å². The fraction of sp³-hybridized carbons (Fsp3) is 0.100. The Bertz CT molecular complexity index is 1040. The molecule has 0 unspecified atom stereocenters. The predicted molar refractivity (Wildman–Crippen MR) is 115 cm³/mol. The minimum Gasteiger partial charge on any atom is -0.480 e. The molecule has 8 heteroatoms. The summed E-state index contributed by atoms with van der Waals surface area (Å²) >= 11 is 13.4. The Morgan fingerprint density at radius 2 is 1.68 bits per heavy atom. The van der Waals surface area contributed by atoms with Crippen LogP contribution in [0.1, 0.15) is 10.4 Å². The maximum atomic E-state index is 12.2. The summed E-state index contributed by atoms with van der Waals surface area (Å²) in [7, 11) is 1.57. The molecule has 0 aliphatic carbocycles. The van der Waals surface area contributed by atoms with Crippen molar-refractivity contribution in [2.24, 2.45) is 0 Å². The Balaban J connectivity index is 2.11. The Morgan fingerprint density at radius 3 is 2.32 bits per heavy atom. The van der Waals surface area contributed by atoms with Gasteiger partial charge in [-0.1, -0.05) is 47.5 Å². The molecular formula is C20H16Cl2N2O3S. The lowest BCUT2D eigenvalue weighted by molar-refractivity contribution is -0.135. The Hall–Kier alpha value is -2.41. The highest BCUT2D eigenvalue weighted by atomic mass is 35.5. The highest BCUT2D eigenvalue weighted by Gasteiger charge is 2.18. The van der Waals surface area contributed by atoms with E-state index in [2.05, 4.69) is 5.32 Å². The number of nitrogens with zero attached hydrogens (tertiary/aromatic N) is 1. The first-order valence-corrected chi connectivity index (χ1v) is 9.79. The van der Waals surface area contributed by atoms with E-state index in [1.54, 1.807) is 47.8 Å². The van der Waals surface area contributed by atoms with Gasteiger partial charge in [0.05, 0.1) is 5.69 Å². The quantitative estimate of drug-likeness (QED) is 0.527. The number of amides is 1. The zero-order valence-corrected chi connectivity index (χ0v) is 17.1. The van der Waals surface area contributed by atoms with Crippen molar-refractivity contribution < 1.29 is 14.7 Å². The predicted octanol–water partition coefficient (Wildman–Crippen LogP) is 5.10. The minimum absolute atomic E-state index is 0.207. The highest BCUT2D eigenvalue weighted by Crippen LogP contribution is 2.36.